The number of benzene rings is 3. The van der Waals surface area contributed by atoms with E-state index >= 15 is 0 Å². The van der Waals surface area contributed by atoms with Gasteiger partial charge in [-0.05, 0) is 23.3 Å². The molecule has 0 heterocycles. The first-order chi connectivity index (χ1) is 11.4. The van der Waals surface area contributed by atoms with Crippen molar-refractivity contribution in [3.05, 3.63) is 102 Å². The Labute approximate surface area is 135 Å². The number of carbonyl (C=O) groups is 1. The maximum atomic E-state index is 11.7. The van der Waals surface area contributed by atoms with Crippen LogP contribution in [0.15, 0.2) is 91.0 Å². The zero-order chi connectivity index (χ0) is 15.9. The lowest BCUT2D eigenvalue weighted by Gasteiger charge is -2.28. The Hall–Kier alpha value is -3.07. The van der Waals surface area contributed by atoms with Gasteiger partial charge in [0, 0.05) is 0 Å². The minimum Gasteiger partial charge on any atom is -0.376 e. The summed E-state index contributed by atoms with van der Waals surface area (Å²) >= 11 is 0. The van der Waals surface area contributed by atoms with Crippen LogP contribution in [0.25, 0.3) is 0 Å². The second-order valence-corrected chi connectivity index (χ2v) is 5.09. The van der Waals surface area contributed by atoms with E-state index in [1.165, 1.54) is 5.06 Å². The molecule has 1 amide bonds. The standard InChI is InChI=1S/C20H17NO2/c22-16-21(23-19-14-8-3-9-15-19)20(17-10-4-1-5-11-17)18-12-6-2-7-13-18/h1-16,20H. The van der Waals surface area contributed by atoms with Gasteiger partial charge < -0.3 is 4.84 Å². The van der Waals surface area contributed by atoms with Gasteiger partial charge >= 0.3 is 0 Å². The van der Waals surface area contributed by atoms with E-state index in [1.54, 1.807) is 0 Å². The van der Waals surface area contributed by atoms with Crippen LogP contribution in [0, 0.1) is 0 Å². The van der Waals surface area contributed by atoms with E-state index in [0.717, 1.165) is 17.5 Å². The summed E-state index contributed by atoms with van der Waals surface area (Å²) in [4.78, 5) is 17.5. The van der Waals surface area contributed by atoms with E-state index in [-0.39, 0.29) is 6.04 Å². The molecule has 0 aromatic heterocycles. The molecule has 3 aromatic carbocycles. The lowest BCUT2D eigenvalue weighted by molar-refractivity contribution is -0.148. The number of nitrogens with zero attached hydrogens (tertiary/aromatic N) is 1. The van der Waals surface area contributed by atoms with E-state index < -0.39 is 0 Å². The Morgan fingerprint density at radius 3 is 1.57 bits per heavy atom. The highest BCUT2D eigenvalue weighted by molar-refractivity contribution is 5.50. The van der Waals surface area contributed by atoms with Gasteiger partial charge in [0.2, 0.25) is 6.41 Å². The van der Waals surface area contributed by atoms with Crippen LogP contribution >= 0.6 is 0 Å². The molecule has 3 heteroatoms. The summed E-state index contributed by atoms with van der Waals surface area (Å²) in [6, 6.07) is 28.7. The van der Waals surface area contributed by atoms with Crippen molar-refractivity contribution in [1.29, 1.82) is 0 Å². The highest BCUT2D eigenvalue weighted by Gasteiger charge is 2.23. The Kier molecular flexibility index (Phi) is 4.69. The van der Waals surface area contributed by atoms with E-state index in [0.29, 0.717) is 5.75 Å². The van der Waals surface area contributed by atoms with Crippen LogP contribution in [0.5, 0.6) is 5.75 Å². The number of amides is 1. The number of hydroxylamine groups is 2. The third-order valence-corrected chi connectivity index (χ3v) is 3.54. The summed E-state index contributed by atoms with van der Waals surface area (Å²) in [6.07, 6.45) is 0.720. The molecule has 0 aliphatic heterocycles. The van der Waals surface area contributed by atoms with E-state index in [4.69, 9.17) is 4.84 Å². The second-order valence-electron chi connectivity index (χ2n) is 5.09. The molecular formula is C20H17NO2. The summed E-state index contributed by atoms with van der Waals surface area (Å²) in [5.41, 5.74) is 1.98. The van der Waals surface area contributed by atoms with Crippen LogP contribution < -0.4 is 4.84 Å². The number of hydrogen-bond acceptors (Lipinski definition) is 2. The minimum atomic E-state index is -0.310. The zero-order valence-electron chi connectivity index (χ0n) is 12.6. The molecule has 0 atom stereocenters. The Morgan fingerprint density at radius 1 is 0.696 bits per heavy atom. The summed E-state index contributed by atoms with van der Waals surface area (Å²) in [5, 5.41) is 1.35. The molecule has 3 rings (SSSR count). The molecule has 0 N–H and O–H groups in total. The molecule has 0 radical (unpaired) electrons. The molecule has 0 fully saturated rings. The number of rotatable bonds is 6. The second kappa shape index (κ2) is 7.27. The summed E-state index contributed by atoms with van der Waals surface area (Å²) in [6.45, 7) is 0. The minimum absolute atomic E-state index is 0.310. The van der Waals surface area contributed by atoms with Crippen molar-refractivity contribution in [3.8, 4) is 5.75 Å². The fourth-order valence-electron chi connectivity index (χ4n) is 2.50. The van der Waals surface area contributed by atoms with Crippen LogP contribution in [0.2, 0.25) is 0 Å². The smallest absolute Gasteiger partial charge is 0.243 e. The van der Waals surface area contributed by atoms with E-state index in [2.05, 4.69) is 0 Å². The van der Waals surface area contributed by atoms with Gasteiger partial charge in [-0.15, -0.1) is 0 Å². The lowest BCUT2D eigenvalue weighted by Crippen LogP contribution is -2.31. The van der Waals surface area contributed by atoms with Gasteiger partial charge in [-0.1, -0.05) is 78.9 Å². The monoisotopic (exact) mass is 303 g/mol. The van der Waals surface area contributed by atoms with Crippen molar-refractivity contribution >= 4 is 6.41 Å². The number of carbonyl (C=O) groups excluding carboxylic acids is 1. The quantitative estimate of drug-likeness (QED) is 0.504. The zero-order valence-corrected chi connectivity index (χ0v) is 12.6. The Balaban J connectivity index is 1.98. The van der Waals surface area contributed by atoms with Gasteiger partial charge in [-0.25, -0.2) is 0 Å². The fourth-order valence-corrected chi connectivity index (χ4v) is 2.50. The molecule has 0 unspecified atom stereocenters. The average Bonchev–Trinajstić information content (AvgIpc) is 2.64. The molecule has 114 valence electrons. The predicted octanol–water partition coefficient (Wildman–Crippen LogP) is 4.23. The molecule has 0 aliphatic carbocycles. The Morgan fingerprint density at radius 2 is 1.13 bits per heavy atom. The largest absolute Gasteiger partial charge is 0.376 e. The normalized spacial score (nSPS) is 10.3. The van der Waals surface area contributed by atoms with Crippen molar-refractivity contribution in [2.75, 3.05) is 0 Å². The van der Waals surface area contributed by atoms with E-state index in [9.17, 15) is 4.79 Å². The number of para-hydroxylation sites is 1. The molecule has 23 heavy (non-hydrogen) atoms. The number of hydrogen-bond donors (Lipinski definition) is 0. The predicted molar refractivity (Wildman–Crippen MR) is 89.7 cm³/mol. The molecular weight excluding hydrogens is 286 g/mol. The maximum Gasteiger partial charge on any atom is 0.243 e. The van der Waals surface area contributed by atoms with Crippen LogP contribution in [0.4, 0.5) is 0 Å². The van der Waals surface area contributed by atoms with Crippen LogP contribution in [-0.2, 0) is 4.79 Å². The van der Waals surface area contributed by atoms with Crippen molar-refractivity contribution in [1.82, 2.24) is 5.06 Å². The lowest BCUT2D eigenvalue weighted by atomic mass is 9.99. The van der Waals surface area contributed by atoms with Gasteiger partial charge in [0.1, 0.15) is 6.04 Å². The third kappa shape index (κ3) is 3.58. The molecule has 0 aliphatic rings. The summed E-state index contributed by atoms with van der Waals surface area (Å²) in [7, 11) is 0. The Bertz CT molecular complexity index is 690. The third-order valence-electron chi connectivity index (χ3n) is 3.54. The van der Waals surface area contributed by atoms with Gasteiger partial charge in [0.05, 0.1) is 0 Å². The highest BCUT2D eigenvalue weighted by Crippen LogP contribution is 2.28. The first kappa shape index (κ1) is 14.9. The first-order valence-corrected chi connectivity index (χ1v) is 7.45. The van der Waals surface area contributed by atoms with Crippen molar-refractivity contribution < 1.29 is 9.63 Å². The summed E-state index contributed by atoms with van der Waals surface area (Å²) in [5.74, 6) is 0.622. The topological polar surface area (TPSA) is 29.5 Å². The van der Waals surface area contributed by atoms with Gasteiger partial charge in [0.15, 0.2) is 5.75 Å². The molecule has 0 saturated carbocycles. The maximum absolute atomic E-state index is 11.7. The molecule has 3 aromatic rings. The molecule has 3 nitrogen and oxygen atoms in total. The van der Waals surface area contributed by atoms with E-state index in [1.807, 2.05) is 91.0 Å². The van der Waals surface area contributed by atoms with Gasteiger partial charge in [0.25, 0.3) is 0 Å². The molecule has 0 saturated heterocycles. The van der Waals surface area contributed by atoms with Crippen LogP contribution in [-0.4, -0.2) is 11.5 Å². The molecule has 0 spiro atoms. The van der Waals surface area contributed by atoms with Gasteiger partial charge in [-0.2, -0.15) is 5.06 Å². The van der Waals surface area contributed by atoms with Crippen molar-refractivity contribution in [2.24, 2.45) is 0 Å². The fraction of sp³-hybridized carbons (Fsp3) is 0.0500. The SMILES string of the molecule is O=CN(Oc1ccccc1)C(c1ccccc1)c1ccccc1. The first-order valence-electron chi connectivity index (χ1n) is 7.45. The van der Waals surface area contributed by atoms with Gasteiger partial charge in [-0.3, -0.25) is 4.79 Å². The molecule has 0 bridgehead atoms. The van der Waals surface area contributed by atoms with Crippen molar-refractivity contribution in [2.45, 2.75) is 6.04 Å². The average molecular weight is 303 g/mol. The summed E-state index contributed by atoms with van der Waals surface area (Å²) < 4.78 is 0. The highest BCUT2D eigenvalue weighted by atomic mass is 16.7. The van der Waals surface area contributed by atoms with Crippen LogP contribution in [0.1, 0.15) is 17.2 Å². The van der Waals surface area contributed by atoms with Crippen LogP contribution in [0.3, 0.4) is 0 Å². The van der Waals surface area contributed by atoms with Crippen molar-refractivity contribution in [3.63, 3.8) is 0 Å².